The second-order valence-corrected chi connectivity index (χ2v) is 11.0. The van der Waals surface area contributed by atoms with Crippen LogP contribution in [-0.2, 0) is 10.0 Å². The van der Waals surface area contributed by atoms with E-state index in [1.807, 2.05) is 0 Å². The number of rotatable bonds is 5. The summed E-state index contributed by atoms with van der Waals surface area (Å²) in [7, 11) is -3.24. The Labute approximate surface area is 205 Å². The number of pyridine rings is 1. The summed E-state index contributed by atoms with van der Waals surface area (Å²) < 4.78 is 54.7. The van der Waals surface area contributed by atoms with Crippen LogP contribution in [0.3, 0.4) is 0 Å². The molecule has 8 nitrogen and oxygen atoms in total. The molecule has 1 aliphatic heterocycles. The molecule has 3 heterocycles. The Balaban J connectivity index is 1.63. The third kappa shape index (κ3) is 4.32. The molecule has 182 valence electrons. The van der Waals surface area contributed by atoms with Crippen molar-refractivity contribution in [3.05, 3.63) is 53.6 Å². The fraction of sp³-hybridized carbons (Fsp3) is 0.261. The molecule has 2 aromatic carbocycles. The molecule has 0 aliphatic carbocycles. The van der Waals surface area contributed by atoms with E-state index in [0.717, 1.165) is 0 Å². The number of H-pyrrole nitrogens is 1. The number of thiocarbonyl (C=S) groups is 1. The van der Waals surface area contributed by atoms with Gasteiger partial charge >= 0.3 is 0 Å². The molecule has 0 bridgehead atoms. The lowest BCUT2D eigenvalue weighted by atomic mass is 9.99. The second kappa shape index (κ2) is 8.77. The molecule has 0 radical (unpaired) electrons. The van der Waals surface area contributed by atoms with Crippen molar-refractivity contribution in [1.82, 2.24) is 19.5 Å². The number of aromatic amines is 1. The summed E-state index contributed by atoms with van der Waals surface area (Å²) in [6, 6.07) is 8.78. The van der Waals surface area contributed by atoms with E-state index in [1.54, 1.807) is 18.2 Å². The van der Waals surface area contributed by atoms with Gasteiger partial charge in [0, 0.05) is 35.5 Å². The van der Waals surface area contributed by atoms with Gasteiger partial charge in [0.1, 0.15) is 22.1 Å². The molecule has 0 unspecified atom stereocenters. The lowest BCUT2D eigenvalue weighted by Crippen LogP contribution is -2.41. The van der Waals surface area contributed by atoms with E-state index in [2.05, 4.69) is 20.5 Å². The van der Waals surface area contributed by atoms with Crippen molar-refractivity contribution in [3.63, 3.8) is 0 Å². The van der Waals surface area contributed by atoms with E-state index >= 15 is 0 Å². The predicted octanol–water partition coefficient (Wildman–Crippen LogP) is 3.53. The zero-order valence-corrected chi connectivity index (χ0v) is 20.3. The number of hydrogen-bond acceptors (Lipinski definition) is 6. The maximum absolute atomic E-state index is 14.8. The van der Waals surface area contributed by atoms with Crippen molar-refractivity contribution in [2.75, 3.05) is 24.7 Å². The Morgan fingerprint density at radius 2 is 1.86 bits per heavy atom. The number of sulfonamides is 1. The lowest BCUT2D eigenvalue weighted by molar-refractivity contribution is 0.331. The van der Waals surface area contributed by atoms with Crippen LogP contribution >= 0.6 is 12.2 Å². The van der Waals surface area contributed by atoms with Crippen LogP contribution in [0.5, 0.6) is 0 Å². The SMILES string of the molecule is CS(=O)(=O)N1CCC(Nc2n[nH]c3c2nc(-c2c(F)cccc2F)c2cc(C(N)=S)ccc23)CC1. The fourth-order valence-corrected chi connectivity index (χ4v) is 5.46. The van der Waals surface area contributed by atoms with Crippen LogP contribution < -0.4 is 11.1 Å². The van der Waals surface area contributed by atoms with E-state index in [9.17, 15) is 17.2 Å². The van der Waals surface area contributed by atoms with Crippen molar-refractivity contribution in [2.24, 2.45) is 5.73 Å². The molecule has 0 spiro atoms. The van der Waals surface area contributed by atoms with Gasteiger partial charge in [0.2, 0.25) is 10.0 Å². The largest absolute Gasteiger partial charge is 0.389 e. The van der Waals surface area contributed by atoms with Gasteiger partial charge < -0.3 is 11.1 Å². The third-order valence-corrected chi connectivity index (χ3v) is 7.80. The second-order valence-electron chi connectivity index (χ2n) is 8.56. The Bertz CT molecular complexity index is 1560. The number of fused-ring (bicyclic) bond motifs is 3. The van der Waals surface area contributed by atoms with Gasteiger partial charge in [-0.1, -0.05) is 30.4 Å². The van der Waals surface area contributed by atoms with Crippen LogP contribution in [-0.4, -0.2) is 58.3 Å². The average molecular weight is 517 g/mol. The zero-order valence-electron chi connectivity index (χ0n) is 18.7. The van der Waals surface area contributed by atoms with Gasteiger partial charge in [-0.15, -0.1) is 0 Å². The molecule has 1 aliphatic rings. The average Bonchev–Trinajstić information content (AvgIpc) is 3.21. The molecule has 35 heavy (non-hydrogen) atoms. The van der Waals surface area contributed by atoms with Gasteiger partial charge in [-0.2, -0.15) is 5.10 Å². The molecule has 0 saturated carbocycles. The van der Waals surface area contributed by atoms with E-state index < -0.39 is 21.7 Å². The van der Waals surface area contributed by atoms with Crippen LogP contribution in [0.4, 0.5) is 14.6 Å². The number of hydrogen-bond donors (Lipinski definition) is 3. The fourth-order valence-electron chi connectivity index (χ4n) is 4.46. The number of anilines is 1. The van der Waals surface area contributed by atoms with E-state index in [4.69, 9.17) is 18.0 Å². The highest BCUT2D eigenvalue weighted by atomic mass is 32.2. The molecule has 2 aromatic heterocycles. The molecule has 12 heteroatoms. The van der Waals surface area contributed by atoms with Gasteiger partial charge in [-0.05, 0) is 31.0 Å². The highest BCUT2D eigenvalue weighted by Crippen LogP contribution is 2.37. The number of piperidine rings is 1. The van der Waals surface area contributed by atoms with Crippen molar-refractivity contribution in [2.45, 2.75) is 18.9 Å². The number of nitrogens with zero attached hydrogens (tertiary/aromatic N) is 3. The summed E-state index contributed by atoms with van der Waals surface area (Å²) in [6.07, 6.45) is 2.37. The van der Waals surface area contributed by atoms with Gasteiger partial charge in [0.15, 0.2) is 5.82 Å². The van der Waals surface area contributed by atoms with Crippen LogP contribution in [0.1, 0.15) is 18.4 Å². The van der Waals surface area contributed by atoms with Gasteiger partial charge in [-0.3, -0.25) is 5.10 Å². The van der Waals surface area contributed by atoms with Crippen molar-refractivity contribution >= 4 is 54.9 Å². The van der Waals surface area contributed by atoms with Gasteiger partial charge in [0.05, 0.1) is 23.0 Å². The Hall–Kier alpha value is -3.22. The minimum atomic E-state index is -3.24. The molecule has 0 amide bonds. The summed E-state index contributed by atoms with van der Waals surface area (Å²) in [5.41, 5.74) is 7.21. The first-order valence-corrected chi connectivity index (χ1v) is 13.2. The number of halogens is 2. The Morgan fingerprint density at radius 1 is 1.17 bits per heavy atom. The summed E-state index contributed by atoms with van der Waals surface area (Å²) in [6.45, 7) is 0.783. The van der Waals surface area contributed by atoms with E-state index in [-0.39, 0.29) is 22.3 Å². The lowest BCUT2D eigenvalue weighted by Gasteiger charge is -2.30. The number of benzene rings is 2. The third-order valence-electron chi connectivity index (χ3n) is 6.26. The zero-order chi connectivity index (χ0) is 24.9. The summed E-state index contributed by atoms with van der Waals surface area (Å²) in [5.74, 6) is -1.06. The van der Waals surface area contributed by atoms with Crippen LogP contribution in [0.15, 0.2) is 36.4 Å². The Morgan fingerprint density at radius 3 is 2.49 bits per heavy atom. The monoisotopic (exact) mass is 516 g/mol. The van der Waals surface area contributed by atoms with Crippen LogP contribution in [0.25, 0.3) is 33.1 Å². The van der Waals surface area contributed by atoms with E-state index in [1.165, 1.54) is 28.8 Å². The van der Waals surface area contributed by atoms with Gasteiger partial charge in [-0.25, -0.2) is 26.5 Å². The molecule has 1 saturated heterocycles. The number of aromatic nitrogens is 3. The van der Waals surface area contributed by atoms with Crippen molar-refractivity contribution in [3.8, 4) is 11.3 Å². The van der Waals surface area contributed by atoms with Crippen molar-refractivity contribution in [1.29, 1.82) is 0 Å². The first kappa shape index (κ1) is 23.5. The van der Waals surface area contributed by atoms with E-state index in [0.29, 0.717) is 59.1 Å². The molecule has 4 aromatic rings. The van der Waals surface area contributed by atoms with Crippen LogP contribution in [0.2, 0.25) is 0 Å². The summed E-state index contributed by atoms with van der Waals surface area (Å²) in [4.78, 5) is 4.80. The molecule has 4 N–H and O–H groups in total. The quantitative estimate of drug-likeness (QED) is 0.348. The maximum Gasteiger partial charge on any atom is 0.211 e. The van der Waals surface area contributed by atoms with Crippen LogP contribution in [0, 0.1) is 11.6 Å². The topological polar surface area (TPSA) is 117 Å². The minimum absolute atomic E-state index is 0.0392. The number of nitrogens with two attached hydrogens (primary N) is 1. The summed E-state index contributed by atoms with van der Waals surface area (Å²) >= 11 is 5.10. The normalized spacial score (nSPS) is 15.6. The molecule has 0 atom stereocenters. The first-order valence-electron chi connectivity index (χ1n) is 10.9. The highest BCUT2D eigenvalue weighted by molar-refractivity contribution is 7.88. The molecule has 1 fully saturated rings. The summed E-state index contributed by atoms with van der Waals surface area (Å²) in [5, 5.41) is 11.8. The Kier molecular flexibility index (Phi) is 5.90. The molecule has 5 rings (SSSR count). The first-order chi connectivity index (χ1) is 16.6. The molecular formula is C23H22F2N6O2S2. The highest BCUT2D eigenvalue weighted by Gasteiger charge is 2.27. The maximum atomic E-state index is 14.8. The standard InChI is InChI=1S/C23H22F2N6O2S2/c1-35(32,33)31-9-7-13(8-10-31)27-23-21-20(29-30-23)14-6-5-12(22(26)34)11-15(14)19(28-21)18-16(24)3-2-4-17(18)25/h2-6,11,13H,7-10H2,1H3,(H2,26,34)(H2,27,29,30). The van der Waals surface area contributed by atoms with Gasteiger partial charge in [0.25, 0.3) is 0 Å². The number of nitrogens with one attached hydrogen (secondary N) is 2. The van der Waals surface area contributed by atoms with Crippen molar-refractivity contribution < 1.29 is 17.2 Å². The predicted molar refractivity (Wildman–Crippen MR) is 136 cm³/mol. The molecular weight excluding hydrogens is 494 g/mol. The minimum Gasteiger partial charge on any atom is -0.389 e. The smallest absolute Gasteiger partial charge is 0.211 e.